The molecule has 0 unspecified atom stereocenters. The number of primary amides is 1. The Morgan fingerprint density at radius 2 is 2.07 bits per heavy atom. The van der Waals surface area contributed by atoms with E-state index in [0.717, 1.165) is 11.4 Å². The summed E-state index contributed by atoms with van der Waals surface area (Å²) in [6.45, 7) is 0.557. The van der Waals surface area contributed by atoms with Crippen molar-refractivity contribution in [1.82, 2.24) is 0 Å². The quantitative estimate of drug-likeness (QED) is 0.734. The van der Waals surface area contributed by atoms with Gasteiger partial charge in [0.25, 0.3) is 0 Å². The molecule has 0 saturated heterocycles. The summed E-state index contributed by atoms with van der Waals surface area (Å²) in [5.74, 6) is 0.511. The van der Waals surface area contributed by atoms with Crippen LogP contribution in [0.5, 0.6) is 5.75 Å². The van der Waals surface area contributed by atoms with Gasteiger partial charge in [0.15, 0.2) is 0 Å². The lowest BCUT2D eigenvalue weighted by Gasteiger charge is -2.05. The highest BCUT2D eigenvalue weighted by molar-refractivity contribution is 5.74. The number of amides is 1. The number of carbonyl (C=O) groups is 1. The molecule has 1 aromatic rings. The first-order valence-electron chi connectivity index (χ1n) is 4.38. The molecule has 0 heterocycles. The summed E-state index contributed by atoms with van der Waals surface area (Å²) in [4.78, 5) is 10.5. The van der Waals surface area contributed by atoms with Gasteiger partial charge in [0.2, 0.25) is 5.91 Å². The number of ether oxygens (including phenoxy) is 1. The number of benzene rings is 1. The normalized spacial score (nSPS) is 9.50. The van der Waals surface area contributed by atoms with Crippen molar-refractivity contribution in [2.24, 2.45) is 5.73 Å². The summed E-state index contributed by atoms with van der Waals surface area (Å²) in [6, 6.07) is 7.48. The second-order valence-corrected chi connectivity index (χ2v) is 2.87. The number of carbonyl (C=O) groups excluding carboxylic acids is 1. The van der Waals surface area contributed by atoms with Crippen molar-refractivity contribution >= 4 is 11.6 Å². The lowest BCUT2D eigenvalue weighted by Crippen LogP contribution is -2.15. The topological polar surface area (TPSA) is 64.3 Å². The van der Waals surface area contributed by atoms with Crippen LogP contribution in [0.1, 0.15) is 6.42 Å². The Hall–Kier alpha value is -1.71. The van der Waals surface area contributed by atoms with E-state index in [1.807, 2.05) is 24.3 Å². The zero-order valence-electron chi connectivity index (χ0n) is 8.12. The van der Waals surface area contributed by atoms with Crippen molar-refractivity contribution in [3.8, 4) is 5.75 Å². The second-order valence-electron chi connectivity index (χ2n) is 2.87. The minimum atomic E-state index is -0.300. The molecule has 0 bridgehead atoms. The summed E-state index contributed by atoms with van der Waals surface area (Å²) < 4.78 is 5.01. The molecule has 0 aliphatic carbocycles. The van der Waals surface area contributed by atoms with Crippen molar-refractivity contribution in [3.63, 3.8) is 0 Å². The molecule has 0 saturated carbocycles. The SMILES string of the molecule is COc1ccc(NCCC(N)=O)cc1. The number of rotatable bonds is 5. The molecule has 0 aromatic heterocycles. The van der Waals surface area contributed by atoms with Crippen LogP contribution in [0.2, 0.25) is 0 Å². The number of hydrogen-bond donors (Lipinski definition) is 2. The lowest BCUT2D eigenvalue weighted by atomic mass is 10.3. The van der Waals surface area contributed by atoms with Gasteiger partial charge in [-0.1, -0.05) is 0 Å². The smallest absolute Gasteiger partial charge is 0.219 e. The van der Waals surface area contributed by atoms with Gasteiger partial charge in [-0.25, -0.2) is 0 Å². The predicted octanol–water partition coefficient (Wildman–Crippen LogP) is 0.982. The van der Waals surface area contributed by atoms with E-state index >= 15 is 0 Å². The summed E-state index contributed by atoms with van der Waals surface area (Å²) in [5, 5.41) is 3.07. The lowest BCUT2D eigenvalue weighted by molar-refractivity contribution is -0.117. The third-order valence-electron chi connectivity index (χ3n) is 1.79. The maximum absolute atomic E-state index is 10.5. The first-order valence-corrected chi connectivity index (χ1v) is 4.38. The number of anilines is 1. The van der Waals surface area contributed by atoms with Gasteiger partial charge in [-0.2, -0.15) is 0 Å². The highest BCUT2D eigenvalue weighted by atomic mass is 16.5. The monoisotopic (exact) mass is 194 g/mol. The molecule has 1 aromatic carbocycles. The molecule has 14 heavy (non-hydrogen) atoms. The summed E-state index contributed by atoms with van der Waals surface area (Å²) >= 11 is 0. The second kappa shape index (κ2) is 5.11. The van der Waals surface area contributed by atoms with Gasteiger partial charge in [0.1, 0.15) is 5.75 Å². The number of nitrogens with two attached hydrogens (primary N) is 1. The standard InChI is InChI=1S/C10H14N2O2/c1-14-9-4-2-8(3-5-9)12-7-6-10(11)13/h2-5,12H,6-7H2,1H3,(H2,11,13). The minimum Gasteiger partial charge on any atom is -0.497 e. The largest absolute Gasteiger partial charge is 0.497 e. The first kappa shape index (κ1) is 10.4. The summed E-state index contributed by atoms with van der Waals surface area (Å²) in [7, 11) is 1.62. The molecule has 0 radical (unpaired) electrons. The number of methoxy groups -OCH3 is 1. The van der Waals surface area contributed by atoms with E-state index in [0.29, 0.717) is 13.0 Å². The van der Waals surface area contributed by atoms with Crippen molar-refractivity contribution < 1.29 is 9.53 Å². The zero-order chi connectivity index (χ0) is 10.4. The maximum atomic E-state index is 10.5. The van der Waals surface area contributed by atoms with Gasteiger partial charge in [-0.15, -0.1) is 0 Å². The Balaban J connectivity index is 2.40. The van der Waals surface area contributed by atoms with E-state index in [9.17, 15) is 4.79 Å². The molecular formula is C10H14N2O2. The van der Waals surface area contributed by atoms with Crippen LogP contribution < -0.4 is 15.8 Å². The minimum absolute atomic E-state index is 0.300. The van der Waals surface area contributed by atoms with Crippen molar-refractivity contribution in [2.45, 2.75) is 6.42 Å². The molecule has 0 spiro atoms. The highest BCUT2D eigenvalue weighted by Crippen LogP contribution is 2.14. The van der Waals surface area contributed by atoms with Crippen molar-refractivity contribution in [3.05, 3.63) is 24.3 Å². The van der Waals surface area contributed by atoms with Crippen molar-refractivity contribution in [1.29, 1.82) is 0 Å². The average molecular weight is 194 g/mol. The fourth-order valence-electron chi connectivity index (χ4n) is 1.04. The third-order valence-corrected chi connectivity index (χ3v) is 1.79. The third kappa shape index (κ3) is 3.35. The first-order chi connectivity index (χ1) is 6.72. The molecule has 76 valence electrons. The van der Waals surface area contributed by atoms with E-state index in [4.69, 9.17) is 10.5 Å². The van der Waals surface area contributed by atoms with Crippen molar-refractivity contribution in [2.75, 3.05) is 19.0 Å². The van der Waals surface area contributed by atoms with Gasteiger partial charge in [0, 0.05) is 18.7 Å². The number of hydrogen-bond acceptors (Lipinski definition) is 3. The van der Waals surface area contributed by atoms with Gasteiger partial charge >= 0.3 is 0 Å². The Morgan fingerprint density at radius 3 is 2.57 bits per heavy atom. The van der Waals surface area contributed by atoms with Gasteiger partial charge < -0.3 is 15.8 Å². The molecule has 1 rings (SSSR count). The molecule has 4 heteroatoms. The van der Waals surface area contributed by atoms with Crippen LogP contribution in [-0.4, -0.2) is 19.6 Å². The van der Waals surface area contributed by atoms with Crippen LogP contribution in [0.15, 0.2) is 24.3 Å². The Kier molecular flexibility index (Phi) is 3.79. The van der Waals surface area contributed by atoms with E-state index in [2.05, 4.69) is 5.32 Å². The molecule has 0 fully saturated rings. The fraction of sp³-hybridized carbons (Fsp3) is 0.300. The Morgan fingerprint density at radius 1 is 1.43 bits per heavy atom. The zero-order valence-corrected chi connectivity index (χ0v) is 8.12. The fourth-order valence-corrected chi connectivity index (χ4v) is 1.04. The van der Waals surface area contributed by atoms with Gasteiger partial charge in [-0.05, 0) is 24.3 Å². The molecule has 0 atom stereocenters. The Bertz CT molecular complexity index is 295. The van der Waals surface area contributed by atoms with Crippen LogP contribution in [0.4, 0.5) is 5.69 Å². The molecule has 1 amide bonds. The number of nitrogens with one attached hydrogen (secondary N) is 1. The summed E-state index contributed by atoms with van der Waals surface area (Å²) in [5.41, 5.74) is 5.95. The van der Waals surface area contributed by atoms with Gasteiger partial charge in [0.05, 0.1) is 7.11 Å². The molecule has 4 nitrogen and oxygen atoms in total. The molecule has 0 aliphatic heterocycles. The van der Waals surface area contributed by atoms with Crippen LogP contribution in [0.3, 0.4) is 0 Å². The highest BCUT2D eigenvalue weighted by Gasteiger charge is 1.95. The van der Waals surface area contributed by atoms with Gasteiger partial charge in [-0.3, -0.25) is 4.79 Å². The van der Waals surface area contributed by atoms with E-state index in [1.54, 1.807) is 7.11 Å². The van der Waals surface area contributed by atoms with Crippen LogP contribution in [0, 0.1) is 0 Å². The van der Waals surface area contributed by atoms with E-state index in [-0.39, 0.29) is 5.91 Å². The summed E-state index contributed by atoms with van der Waals surface area (Å²) in [6.07, 6.45) is 0.339. The molecule has 3 N–H and O–H groups in total. The molecule has 0 aliphatic rings. The van der Waals surface area contributed by atoms with Crippen LogP contribution in [0.25, 0.3) is 0 Å². The Labute approximate surface area is 83.1 Å². The average Bonchev–Trinajstić information content (AvgIpc) is 2.18. The molecular weight excluding hydrogens is 180 g/mol. The van der Waals surface area contributed by atoms with E-state index in [1.165, 1.54) is 0 Å². The van der Waals surface area contributed by atoms with Crippen LogP contribution >= 0.6 is 0 Å². The predicted molar refractivity (Wildman–Crippen MR) is 55.3 cm³/mol. The van der Waals surface area contributed by atoms with Crippen LogP contribution in [-0.2, 0) is 4.79 Å². The maximum Gasteiger partial charge on any atom is 0.219 e. The van der Waals surface area contributed by atoms with E-state index < -0.39 is 0 Å².